The second kappa shape index (κ2) is 6.50. The lowest BCUT2D eigenvalue weighted by Crippen LogP contribution is -2.53. The zero-order valence-corrected chi connectivity index (χ0v) is 11.5. The number of carbonyl (C=O) groups excluding carboxylic acids is 1. The van der Waals surface area contributed by atoms with Gasteiger partial charge in [0.25, 0.3) is 0 Å². The maximum Gasteiger partial charge on any atom is 0.237 e. The van der Waals surface area contributed by atoms with E-state index in [1.54, 1.807) is 0 Å². The van der Waals surface area contributed by atoms with Gasteiger partial charge >= 0.3 is 0 Å². The summed E-state index contributed by atoms with van der Waals surface area (Å²) in [7, 11) is 2.12. The van der Waals surface area contributed by atoms with Gasteiger partial charge in [-0.15, -0.1) is 0 Å². The molecule has 0 saturated carbocycles. The molecule has 5 nitrogen and oxygen atoms in total. The van der Waals surface area contributed by atoms with Gasteiger partial charge in [-0.1, -0.05) is 0 Å². The fraction of sp³-hybridized carbons (Fsp3) is 0.923. The van der Waals surface area contributed by atoms with E-state index in [-0.39, 0.29) is 18.1 Å². The number of hydrogen-bond donors (Lipinski definition) is 1. The van der Waals surface area contributed by atoms with Crippen LogP contribution in [-0.4, -0.2) is 74.2 Å². The summed E-state index contributed by atoms with van der Waals surface area (Å²) in [5, 5.41) is 3.01. The Morgan fingerprint density at radius 1 is 1.39 bits per heavy atom. The highest BCUT2D eigenvalue weighted by atomic mass is 16.5. The van der Waals surface area contributed by atoms with Gasteiger partial charge in [0.15, 0.2) is 0 Å². The Balaban J connectivity index is 1.70. The van der Waals surface area contributed by atoms with Crippen LogP contribution >= 0.6 is 0 Å². The normalized spacial score (nSPS) is 28.2. The van der Waals surface area contributed by atoms with Crippen LogP contribution in [0.4, 0.5) is 0 Å². The van der Waals surface area contributed by atoms with E-state index in [2.05, 4.69) is 22.2 Å². The van der Waals surface area contributed by atoms with Crippen molar-refractivity contribution in [1.82, 2.24) is 15.1 Å². The molecule has 0 bridgehead atoms. The molecule has 0 aromatic heterocycles. The van der Waals surface area contributed by atoms with Crippen LogP contribution in [-0.2, 0) is 9.53 Å². The van der Waals surface area contributed by atoms with Crippen molar-refractivity contribution in [3.05, 3.63) is 0 Å². The summed E-state index contributed by atoms with van der Waals surface area (Å²) in [5.41, 5.74) is 0. The average molecular weight is 255 g/mol. The largest absolute Gasteiger partial charge is 0.376 e. The molecule has 2 atom stereocenters. The zero-order valence-electron chi connectivity index (χ0n) is 11.5. The van der Waals surface area contributed by atoms with Crippen LogP contribution in [0.2, 0.25) is 0 Å². The molecule has 2 rings (SSSR count). The van der Waals surface area contributed by atoms with Gasteiger partial charge in [0.05, 0.1) is 12.1 Å². The third-order valence-corrected chi connectivity index (χ3v) is 3.99. The van der Waals surface area contributed by atoms with E-state index >= 15 is 0 Å². The number of carbonyl (C=O) groups is 1. The van der Waals surface area contributed by atoms with Gasteiger partial charge in [-0.3, -0.25) is 9.69 Å². The van der Waals surface area contributed by atoms with Crippen molar-refractivity contribution in [3.63, 3.8) is 0 Å². The van der Waals surface area contributed by atoms with E-state index < -0.39 is 0 Å². The summed E-state index contributed by atoms with van der Waals surface area (Å²) in [5.74, 6) is 0.134. The summed E-state index contributed by atoms with van der Waals surface area (Å²) < 4.78 is 5.51. The smallest absolute Gasteiger partial charge is 0.237 e. The monoisotopic (exact) mass is 255 g/mol. The van der Waals surface area contributed by atoms with Crippen LogP contribution in [0.5, 0.6) is 0 Å². The molecule has 0 aromatic carbocycles. The zero-order chi connectivity index (χ0) is 13.0. The van der Waals surface area contributed by atoms with Crippen LogP contribution < -0.4 is 5.32 Å². The minimum absolute atomic E-state index is 0.0277. The van der Waals surface area contributed by atoms with Crippen molar-refractivity contribution in [3.8, 4) is 0 Å². The van der Waals surface area contributed by atoms with E-state index in [0.717, 1.165) is 45.6 Å². The van der Waals surface area contributed by atoms with Crippen molar-refractivity contribution in [2.24, 2.45) is 0 Å². The number of ether oxygens (including phenoxy) is 1. The third-order valence-electron chi connectivity index (χ3n) is 3.99. The summed E-state index contributed by atoms with van der Waals surface area (Å²) >= 11 is 0. The number of rotatable bonds is 4. The molecule has 0 spiro atoms. The van der Waals surface area contributed by atoms with Gasteiger partial charge in [-0.05, 0) is 26.8 Å². The van der Waals surface area contributed by atoms with Crippen molar-refractivity contribution in [2.45, 2.75) is 31.9 Å². The molecule has 18 heavy (non-hydrogen) atoms. The molecule has 2 heterocycles. The Labute approximate surface area is 109 Å². The molecular weight excluding hydrogens is 230 g/mol. The van der Waals surface area contributed by atoms with Gasteiger partial charge in [0, 0.05) is 39.3 Å². The Bertz CT molecular complexity index is 271. The molecule has 2 aliphatic heterocycles. The first-order valence-corrected chi connectivity index (χ1v) is 6.98. The van der Waals surface area contributed by atoms with E-state index in [9.17, 15) is 4.79 Å². The summed E-state index contributed by atoms with van der Waals surface area (Å²) in [4.78, 5) is 16.6. The highest BCUT2D eigenvalue weighted by Crippen LogP contribution is 2.11. The Hall–Kier alpha value is -0.650. The number of likely N-dealkylation sites (N-methyl/N-ethyl adjacent to an activating group) is 1. The fourth-order valence-electron chi connectivity index (χ4n) is 2.54. The van der Waals surface area contributed by atoms with E-state index in [1.165, 1.54) is 0 Å². The van der Waals surface area contributed by atoms with Crippen molar-refractivity contribution < 1.29 is 9.53 Å². The van der Waals surface area contributed by atoms with E-state index in [0.29, 0.717) is 6.54 Å². The van der Waals surface area contributed by atoms with Crippen LogP contribution in [0.25, 0.3) is 0 Å². The predicted molar refractivity (Wildman–Crippen MR) is 70.5 cm³/mol. The number of hydrogen-bond acceptors (Lipinski definition) is 4. The Kier molecular flexibility index (Phi) is 4.97. The lowest BCUT2D eigenvalue weighted by molar-refractivity contribution is -0.127. The second-order valence-corrected chi connectivity index (χ2v) is 5.40. The molecule has 104 valence electrons. The standard InChI is InChI=1S/C13H25N3O2/c1-11(16-7-5-15(2)6-8-16)13(17)14-10-12-4-3-9-18-12/h11-12H,3-10H2,1-2H3,(H,14,17)/t11-,12+/m0/s1. The number of nitrogens with one attached hydrogen (secondary N) is 1. The van der Waals surface area contributed by atoms with Gasteiger partial charge < -0.3 is 15.0 Å². The van der Waals surface area contributed by atoms with E-state index in [1.807, 2.05) is 6.92 Å². The van der Waals surface area contributed by atoms with Crippen LogP contribution in [0, 0.1) is 0 Å². The quantitative estimate of drug-likeness (QED) is 0.763. The lowest BCUT2D eigenvalue weighted by Gasteiger charge is -2.35. The van der Waals surface area contributed by atoms with E-state index in [4.69, 9.17) is 4.74 Å². The van der Waals surface area contributed by atoms with Gasteiger partial charge in [-0.25, -0.2) is 0 Å². The van der Waals surface area contributed by atoms with Gasteiger partial charge in [0.1, 0.15) is 0 Å². The predicted octanol–water partition coefficient (Wildman–Crippen LogP) is -0.0825. The van der Waals surface area contributed by atoms with Crippen molar-refractivity contribution >= 4 is 5.91 Å². The Morgan fingerprint density at radius 3 is 2.72 bits per heavy atom. The summed E-state index contributed by atoms with van der Waals surface area (Å²) in [6.07, 6.45) is 2.42. The minimum Gasteiger partial charge on any atom is -0.376 e. The molecule has 0 aromatic rings. The molecule has 1 N–H and O–H groups in total. The minimum atomic E-state index is -0.0277. The first-order valence-electron chi connectivity index (χ1n) is 6.98. The number of amides is 1. The van der Waals surface area contributed by atoms with Crippen molar-refractivity contribution in [2.75, 3.05) is 46.4 Å². The second-order valence-electron chi connectivity index (χ2n) is 5.40. The van der Waals surface area contributed by atoms with Crippen LogP contribution in [0.1, 0.15) is 19.8 Å². The molecule has 0 aliphatic carbocycles. The number of nitrogens with zero attached hydrogens (tertiary/aromatic N) is 2. The maximum absolute atomic E-state index is 12.1. The fourth-order valence-corrected chi connectivity index (χ4v) is 2.54. The maximum atomic E-state index is 12.1. The molecule has 0 unspecified atom stereocenters. The lowest BCUT2D eigenvalue weighted by atomic mass is 10.2. The molecule has 2 aliphatic rings. The molecular formula is C13H25N3O2. The topological polar surface area (TPSA) is 44.8 Å². The molecule has 2 saturated heterocycles. The first-order chi connectivity index (χ1) is 8.66. The molecule has 1 amide bonds. The highest BCUT2D eigenvalue weighted by molar-refractivity contribution is 5.81. The number of piperazine rings is 1. The molecule has 0 radical (unpaired) electrons. The summed E-state index contributed by atoms with van der Waals surface area (Å²) in [6.45, 7) is 7.55. The van der Waals surface area contributed by atoms with Crippen LogP contribution in [0.15, 0.2) is 0 Å². The summed E-state index contributed by atoms with van der Waals surface area (Å²) in [6, 6.07) is -0.0277. The Morgan fingerprint density at radius 2 is 2.11 bits per heavy atom. The molecule has 2 fully saturated rings. The average Bonchev–Trinajstić information content (AvgIpc) is 2.89. The van der Waals surface area contributed by atoms with Gasteiger partial charge in [0.2, 0.25) is 5.91 Å². The SMILES string of the molecule is C[C@@H](C(=O)NC[C@H]1CCCO1)N1CCN(C)CC1. The highest BCUT2D eigenvalue weighted by Gasteiger charge is 2.25. The molecule has 5 heteroatoms. The third kappa shape index (κ3) is 3.67. The van der Waals surface area contributed by atoms with Crippen molar-refractivity contribution in [1.29, 1.82) is 0 Å². The first kappa shape index (κ1) is 13.8. The van der Waals surface area contributed by atoms with Gasteiger partial charge in [-0.2, -0.15) is 0 Å². The van der Waals surface area contributed by atoms with Crippen LogP contribution in [0.3, 0.4) is 0 Å².